The van der Waals surface area contributed by atoms with Gasteiger partial charge in [-0.25, -0.2) is 14.1 Å². The molecule has 4 nitrogen and oxygen atoms in total. The zero-order chi connectivity index (χ0) is 15.6. The van der Waals surface area contributed by atoms with Gasteiger partial charge in [-0.3, -0.25) is 0 Å². The van der Waals surface area contributed by atoms with E-state index in [4.69, 9.17) is 0 Å². The lowest BCUT2D eigenvalue weighted by molar-refractivity contribution is 0.422. The molecule has 0 aliphatic carbocycles. The Bertz CT molecular complexity index is 611. The Hall–Kier alpha value is -1.75. The predicted molar refractivity (Wildman–Crippen MR) is 82.0 cm³/mol. The summed E-state index contributed by atoms with van der Waals surface area (Å²) in [5, 5.41) is 7.88. The molecule has 114 valence electrons. The second-order valence-electron chi connectivity index (χ2n) is 6.58. The lowest BCUT2D eigenvalue weighted by Crippen LogP contribution is -2.35. The molecule has 5 heteroatoms. The molecular formula is C16H23FN4. The Morgan fingerprint density at radius 1 is 1.33 bits per heavy atom. The van der Waals surface area contributed by atoms with Gasteiger partial charge in [0.05, 0.1) is 11.9 Å². The van der Waals surface area contributed by atoms with Crippen LogP contribution in [0.2, 0.25) is 0 Å². The number of hydrogen-bond acceptors (Lipinski definition) is 3. The highest BCUT2D eigenvalue weighted by molar-refractivity contribution is 5.33. The van der Waals surface area contributed by atoms with E-state index in [1.54, 1.807) is 4.68 Å². The van der Waals surface area contributed by atoms with Crippen molar-refractivity contribution in [2.45, 2.75) is 52.6 Å². The molecule has 0 amide bonds. The Kier molecular flexibility index (Phi) is 4.42. The molecule has 0 aliphatic heterocycles. The summed E-state index contributed by atoms with van der Waals surface area (Å²) in [6, 6.07) is 3.48. The first-order valence-corrected chi connectivity index (χ1v) is 7.21. The average Bonchev–Trinajstić information content (AvgIpc) is 2.85. The van der Waals surface area contributed by atoms with Crippen molar-refractivity contribution in [1.82, 2.24) is 20.1 Å². The van der Waals surface area contributed by atoms with E-state index in [9.17, 15) is 4.39 Å². The largest absolute Gasteiger partial charge is 0.308 e. The zero-order valence-corrected chi connectivity index (χ0v) is 13.3. The van der Waals surface area contributed by atoms with Crippen molar-refractivity contribution in [2.24, 2.45) is 0 Å². The van der Waals surface area contributed by atoms with Crippen LogP contribution in [0.25, 0.3) is 5.82 Å². The van der Waals surface area contributed by atoms with Gasteiger partial charge < -0.3 is 5.32 Å². The van der Waals surface area contributed by atoms with Gasteiger partial charge in [-0.2, -0.15) is 5.10 Å². The van der Waals surface area contributed by atoms with Gasteiger partial charge in [-0.05, 0) is 38.8 Å². The number of nitrogens with one attached hydrogen (secondary N) is 1. The molecule has 2 rings (SSSR count). The maximum absolute atomic E-state index is 13.5. The summed E-state index contributed by atoms with van der Waals surface area (Å²) in [5.41, 5.74) is 1.75. The topological polar surface area (TPSA) is 42.7 Å². The van der Waals surface area contributed by atoms with Crippen LogP contribution in [0, 0.1) is 5.82 Å². The Morgan fingerprint density at radius 3 is 2.62 bits per heavy atom. The van der Waals surface area contributed by atoms with Gasteiger partial charge in [0.25, 0.3) is 0 Å². The third-order valence-electron chi connectivity index (χ3n) is 3.14. The van der Waals surface area contributed by atoms with Gasteiger partial charge in [-0.1, -0.05) is 13.8 Å². The Labute approximate surface area is 125 Å². The normalized spacial score (nSPS) is 12.1. The van der Waals surface area contributed by atoms with Crippen molar-refractivity contribution < 1.29 is 4.39 Å². The fourth-order valence-electron chi connectivity index (χ4n) is 1.93. The maximum Gasteiger partial charge on any atom is 0.157 e. The molecule has 0 bridgehead atoms. The molecule has 0 saturated heterocycles. The quantitative estimate of drug-likeness (QED) is 0.938. The summed E-state index contributed by atoms with van der Waals surface area (Å²) >= 11 is 0. The highest BCUT2D eigenvalue weighted by Crippen LogP contribution is 2.17. The molecule has 2 aromatic heterocycles. The summed E-state index contributed by atoms with van der Waals surface area (Å²) in [5.74, 6) is 0.684. The number of halogens is 1. The van der Waals surface area contributed by atoms with Crippen LogP contribution < -0.4 is 5.32 Å². The molecule has 0 aromatic carbocycles. The van der Waals surface area contributed by atoms with Gasteiger partial charge in [0.1, 0.15) is 5.82 Å². The number of aromatic nitrogens is 3. The van der Waals surface area contributed by atoms with E-state index in [1.807, 2.05) is 12.3 Å². The molecule has 2 aromatic rings. The lowest BCUT2D eigenvalue weighted by atomic mass is 10.1. The van der Waals surface area contributed by atoms with Crippen molar-refractivity contribution in [3.05, 3.63) is 41.6 Å². The van der Waals surface area contributed by atoms with Gasteiger partial charge >= 0.3 is 0 Å². The van der Waals surface area contributed by atoms with Crippen molar-refractivity contribution in [3.63, 3.8) is 0 Å². The molecule has 0 unspecified atom stereocenters. The van der Waals surface area contributed by atoms with Crippen LogP contribution >= 0.6 is 0 Å². The molecule has 0 radical (unpaired) electrons. The number of pyridine rings is 1. The molecule has 1 N–H and O–H groups in total. The molecule has 0 atom stereocenters. The minimum atomic E-state index is -0.333. The van der Waals surface area contributed by atoms with E-state index >= 15 is 0 Å². The van der Waals surface area contributed by atoms with Crippen LogP contribution in [0.3, 0.4) is 0 Å². The second-order valence-corrected chi connectivity index (χ2v) is 6.58. The van der Waals surface area contributed by atoms with Crippen molar-refractivity contribution >= 4 is 0 Å². The SMILES string of the molecule is CC(C)c1ccn(-c2ncc(F)cc2CNC(C)(C)C)n1. The Morgan fingerprint density at radius 2 is 2.05 bits per heavy atom. The minimum Gasteiger partial charge on any atom is -0.308 e. The van der Waals surface area contributed by atoms with E-state index in [-0.39, 0.29) is 11.4 Å². The third kappa shape index (κ3) is 4.11. The molecule has 21 heavy (non-hydrogen) atoms. The Balaban J connectivity index is 2.33. The summed E-state index contributed by atoms with van der Waals surface area (Å²) in [6.07, 6.45) is 3.10. The van der Waals surface area contributed by atoms with Crippen LogP contribution in [0.15, 0.2) is 24.5 Å². The second kappa shape index (κ2) is 5.93. The van der Waals surface area contributed by atoms with Gasteiger partial charge in [0.2, 0.25) is 0 Å². The van der Waals surface area contributed by atoms with Crippen LogP contribution in [-0.4, -0.2) is 20.3 Å². The zero-order valence-electron chi connectivity index (χ0n) is 13.3. The first-order valence-electron chi connectivity index (χ1n) is 7.21. The monoisotopic (exact) mass is 290 g/mol. The number of nitrogens with zero attached hydrogens (tertiary/aromatic N) is 3. The highest BCUT2D eigenvalue weighted by Gasteiger charge is 2.14. The molecule has 0 spiro atoms. The van der Waals surface area contributed by atoms with Crippen LogP contribution in [0.1, 0.15) is 51.8 Å². The first-order chi connectivity index (χ1) is 9.76. The minimum absolute atomic E-state index is 0.0448. The van der Waals surface area contributed by atoms with Crippen molar-refractivity contribution in [3.8, 4) is 5.82 Å². The van der Waals surface area contributed by atoms with Crippen molar-refractivity contribution in [2.75, 3.05) is 0 Å². The fraction of sp³-hybridized carbons (Fsp3) is 0.500. The summed E-state index contributed by atoms with van der Waals surface area (Å²) in [4.78, 5) is 4.21. The van der Waals surface area contributed by atoms with Gasteiger partial charge in [-0.15, -0.1) is 0 Å². The third-order valence-corrected chi connectivity index (χ3v) is 3.14. The summed E-state index contributed by atoms with van der Waals surface area (Å²) in [7, 11) is 0. The fourth-order valence-corrected chi connectivity index (χ4v) is 1.93. The van der Waals surface area contributed by atoms with E-state index < -0.39 is 0 Å². The van der Waals surface area contributed by atoms with E-state index in [1.165, 1.54) is 12.3 Å². The smallest absolute Gasteiger partial charge is 0.157 e. The highest BCUT2D eigenvalue weighted by atomic mass is 19.1. The van der Waals surface area contributed by atoms with E-state index in [0.29, 0.717) is 18.3 Å². The summed E-state index contributed by atoms with van der Waals surface area (Å²) < 4.78 is 15.2. The molecule has 0 aliphatic rings. The molecule has 2 heterocycles. The van der Waals surface area contributed by atoms with Gasteiger partial charge in [0.15, 0.2) is 5.82 Å². The predicted octanol–water partition coefficient (Wildman–Crippen LogP) is 3.42. The first kappa shape index (κ1) is 15.6. The molecular weight excluding hydrogens is 267 g/mol. The molecule has 0 fully saturated rings. The average molecular weight is 290 g/mol. The van der Waals surface area contributed by atoms with Gasteiger partial charge in [0, 0.05) is 23.8 Å². The molecule has 0 saturated carbocycles. The van der Waals surface area contributed by atoms with Crippen LogP contribution in [-0.2, 0) is 6.54 Å². The number of rotatable bonds is 4. The maximum atomic E-state index is 13.5. The van der Waals surface area contributed by atoms with E-state index in [2.05, 4.69) is 50.0 Å². The summed E-state index contributed by atoms with van der Waals surface area (Å²) in [6.45, 7) is 10.9. The standard InChI is InChI=1S/C16H23FN4/c1-11(2)14-6-7-21(20-14)15-12(8-13(17)10-18-15)9-19-16(3,4)5/h6-8,10-11,19H,9H2,1-5H3. The van der Waals surface area contributed by atoms with E-state index in [0.717, 1.165) is 11.3 Å². The van der Waals surface area contributed by atoms with Crippen LogP contribution in [0.4, 0.5) is 4.39 Å². The van der Waals surface area contributed by atoms with Crippen LogP contribution in [0.5, 0.6) is 0 Å². The van der Waals surface area contributed by atoms with Crippen molar-refractivity contribution in [1.29, 1.82) is 0 Å². The number of hydrogen-bond donors (Lipinski definition) is 1. The lowest BCUT2D eigenvalue weighted by Gasteiger charge is -2.21.